The fourth-order valence-electron chi connectivity index (χ4n) is 2.14. The first-order valence-corrected chi connectivity index (χ1v) is 8.53. The Balaban J connectivity index is 1.97. The Hall–Kier alpha value is -3.27. The Morgan fingerprint density at radius 2 is 1.96 bits per heavy atom. The number of nitrogens with one attached hydrogen (secondary N) is 1. The molecule has 25 heavy (non-hydrogen) atoms. The molecule has 0 fully saturated rings. The molecule has 2 aromatic carbocycles. The molecule has 0 bridgehead atoms. The minimum Gasteiger partial charge on any atom is -0.465 e. The number of hydrogen-bond acceptors (Lipinski definition) is 7. The van der Waals surface area contributed by atoms with E-state index in [-0.39, 0.29) is 10.5 Å². The maximum atomic E-state index is 12.7. The van der Waals surface area contributed by atoms with Crippen molar-refractivity contribution < 1.29 is 17.9 Å². The fourth-order valence-corrected chi connectivity index (χ4v) is 3.26. The average Bonchev–Trinajstić information content (AvgIpc) is 3.16. The van der Waals surface area contributed by atoms with Crippen molar-refractivity contribution >= 4 is 21.7 Å². The molecule has 0 saturated heterocycles. The first kappa shape index (κ1) is 16.6. The number of methoxy groups -OCH3 is 1. The van der Waals surface area contributed by atoms with Gasteiger partial charge in [-0.15, -0.1) is 5.10 Å². The number of sulfonamides is 1. The van der Waals surface area contributed by atoms with Crippen molar-refractivity contribution in [2.75, 3.05) is 11.8 Å². The van der Waals surface area contributed by atoms with E-state index in [4.69, 9.17) is 0 Å². The van der Waals surface area contributed by atoms with E-state index in [2.05, 4.69) is 25.0 Å². The van der Waals surface area contributed by atoms with E-state index in [1.54, 1.807) is 24.3 Å². The second-order valence-electron chi connectivity index (χ2n) is 4.90. The van der Waals surface area contributed by atoms with Crippen molar-refractivity contribution in [3.8, 4) is 5.69 Å². The van der Waals surface area contributed by atoms with Crippen LogP contribution in [-0.4, -0.2) is 41.7 Å². The van der Waals surface area contributed by atoms with Gasteiger partial charge in [-0.3, -0.25) is 4.72 Å². The van der Waals surface area contributed by atoms with E-state index in [9.17, 15) is 13.2 Å². The highest BCUT2D eigenvalue weighted by atomic mass is 32.2. The molecular formula is C15H13N5O4S. The van der Waals surface area contributed by atoms with Crippen LogP contribution in [0, 0.1) is 0 Å². The molecule has 3 aromatic rings. The summed E-state index contributed by atoms with van der Waals surface area (Å²) in [6, 6.07) is 12.2. The van der Waals surface area contributed by atoms with Crippen LogP contribution in [0.3, 0.4) is 0 Å². The molecule has 0 unspecified atom stereocenters. The Bertz CT molecular complexity index is 1000. The molecule has 0 aliphatic heterocycles. The second kappa shape index (κ2) is 6.69. The molecule has 9 nitrogen and oxygen atoms in total. The van der Waals surface area contributed by atoms with Gasteiger partial charge in [0.25, 0.3) is 10.0 Å². The van der Waals surface area contributed by atoms with E-state index in [1.165, 1.54) is 42.4 Å². The van der Waals surface area contributed by atoms with Crippen LogP contribution in [0.2, 0.25) is 0 Å². The third kappa shape index (κ3) is 3.48. The van der Waals surface area contributed by atoms with Crippen molar-refractivity contribution in [1.82, 2.24) is 20.2 Å². The summed E-state index contributed by atoms with van der Waals surface area (Å²) in [5.41, 5.74) is 0.887. The molecule has 0 aliphatic carbocycles. The number of carbonyl (C=O) groups excluding carboxylic acids is 1. The number of ether oxygens (including phenoxy) is 1. The first-order chi connectivity index (χ1) is 12.0. The lowest BCUT2D eigenvalue weighted by Crippen LogP contribution is -2.15. The number of aromatic nitrogens is 4. The van der Waals surface area contributed by atoms with Gasteiger partial charge in [0.15, 0.2) is 0 Å². The Labute approximate surface area is 143 Å². The minimum atomic E-state index is -3.93. The Kier molecular flexibility index (Phi) is 4.44. The van der Waals surface area contributed by atoms with Gasteiger partial charge in [-0.2, -0.15) is 4.68 Å². The van der Waals surface area contributed by atoms with Gasteiger partial charge in [-0.1, -0.05) is 18.2 Å². The van der Waals surface area contributed by atoms with Gasteiger partial charge in [0.2, 0.25) is 0 Å². The van der Waals surface area contributed by atoms with Crippen molar-refractivity contribution in [2.24, 2.45) is 0 Å². The number of hydrogen-bond donors (Lipinski definition) is 1. The number of benzene rings is 2. The third-order valence-corrected chi connectivity index (χ3v) is 4.67. The number of carbonyl (C=O) groups is 1. The lowest BCUT2D eigenvalue weighted by Gasteiger charge is -2.12. The lowest BCUT2D eigenvalue weighted by atomic mass is 10.2. The lowest BCUT2D eigenvalue weighted by molar-refractivity contribution is 0.0600. The van der Waals surface area contributed by atoms with Gasteiger partial charge >= 0.3 is 5.97 Å². The molecule has 1 aromatic heterocycles. The molecule has 3 rings (SSSR count). The van der Waals surface area contributed by atoms with Gasteiger partial charge in [0.05, 0.1) is 28.9 Å². The van der Waals surface area contributed by atoms with Crippen LogP contribution in [0.1, 0.15) is 10.4 Å². The van der Waals surface area contributed by atoms with Crippen LogP contribution in [0.5, 0.6) is 0 Å². The maximum absolute atomic E-state index is 12.7. The summed E-state index contributed by atoms with van der Waals surface area (Å²) >= 11 is 0. The van der Waals surface area contributed by atoms with Crippen molar-refractivity contribution in [1.29, 1.82) is 0 Å². The zero-order valence-corrected chi connectivity index (χ0v) is 13.8. The summed E-state index contributed by atoms with van der Waals surface area (Å²) in [7, 11) is -2.70. The van der Waals surface area contributed by atoms with Crippen LogP contribution in [-0.2, 0) is 14.8 Å². The highest BCUT2D eigenvalue weighted by Crippen LogP contribution is 2.23. The molecule has 0 amide bonds. The summed E-state index contributed by atoms with van der Waals surface area (Å²) < 4.78 is 33.8. The van der Waals surface area contributed by atoms with Gasteiger partial charge in [-0.25, -0.2) is 13.2 Å². The average molecular weight is 359 g/mol. The summed E-state index contributed by atoms with van der Waals surface area (Å²) in [6.45, 7) is 0. The number of esters is 1. The molecule has 0 radical (unpaired) electrons. The molecule has 1 N–H and O–H groups in total. The monoisotopic (exact) mass is 359 g/mol. The SMILES string of the molecule is COC(=O)c1cccc(S(=O)(=O)Nc2ccccc2-n2cnnn2)c1. The van der Waals surface area contributed by atoms with Crippen molar-refractivity contribution in [3.05, 3.63) is 60.4 Å². The molecule has 0 spiro atoms. The van der Waals surface area contributed by atoms with Crippen LogP contribution in [0.25, 0.3) is 5.69 Å². The molecule has 0 atom stereocenters. The smallest absolute Gasteiger partial charge is 0.337 e. The van der Waals surface area contributed by atoms with Crippen molar-refractivity contribution in [3.63, 3.8) is 0 Å². The Morgan fingerprint density at radius 3 is 2.68 bits per heavy atom. The first-order valence-electron chi connectivity index (χ1n) is 7.05. The van der Waals surface area contributed by atoms with E-state index >= 15 is 0 Å². The molecular weight excluding hydrogens is 346 g/mol. The van der Waals surface area contributed by atoms with E-state index in [0.717, 1.165) is 0 Å². The highest BCUT2D eigenvalue weighted by molar-refractivity contribution is 7.92. The summed E-state index contributed by atoms with van der Waals surface area (Å²) in [6.07, 6.45) is 1.35. The molecule has 1 heterocycles. The van der Waals surface area contributed by atoms with Crippen molar-refractivity contribution in [2.45, 2.75) is 4.90 Å². The fraction of sp³-hybridized carbons (Fsp3) is 0.0667. The zero-order valence-electron chi connectivity index (χ0n) is 13.0. The van der Waals surface area contributed by atoms with Gasteiger partial charge in [0.1, 0.15) is 6.33 Å². The zero-order chi connectivity index (χ0) is 17.9. The number of para-hydroxylation sites is 2. The summed E-state index contributed by atoms with van der Waals surface area (Å²) in [5, 5.41) is 10.8. The van der Waals surface area contributed by atoms with Crippen LogP contribution < -0.4 is 4.72 Å². The standard InChI is InChI=1S/C15H13N5O4S/c1-24-15(21)11-5-4-6-12(9-11)25(22,23)17-13-7-2-3-8-14(13)20-10-16-18-19-20/h2-10,17H,1H3. The molecule has 128 valence electrons. The largest absolute Gasteiger partial charge is 0.465 e. The van der Waals surface area contributed by atoms with Crippen LogP contribution in [0.4, 0.5) is 5.69 Å². The number of rotatable bonds is 5. The maximum Gasteiger partial charge on any atom is 0.337 e. The topological polar surface area (TPSA) is 116 Å². The predicted molar refractivity (Wildman–Crippen MR) is 87.7 cm³/mol. The number of tetrazole rings is 1. The van der Waals surface area contributed by atoms with Crippen LogP contribution in [0.15, 0.2) is 59.8 Å². The Morgan fingerprint density at radius 1 is 1.16 bits per heavy atom. The van der Waals surface area contributed by atoms with Crippen LogP contribution >= 0.6 is 0 Å². The van der Waals surface area contributed by atoms with E-state index in [0.29, 0.717) is 11.4 Å². The quantitative estimate of drug-likeness (QED) is 0.681. The molecule has 0 saturated carbocycles. The molecule has 10 heteroatoms. The van der Waals surface area contributed by atoms with Gasteiger partial charge < -0.3 is 4.74 Å². The summed E-state index contributed by atoms with van der Waals surface area (Å²) in [5.74, 6) is -0.619. The minimum absolute atomic E-state index is 0.0677. The van der Waals surface area contributed by atoms with Gasteiger partial charge in [0, 0.05) is 0 Å². The normalized spacial score (nSPS) is 11.1. The van der Waals surface area contributed by atoms with E-state index < -0.39 is 16.0 Å². The number of nitrogens with zero attached hydrogens (tertiary/aromatic N) is 4. The second-order valence-corrected chi connectivity index (χ2v) is 6.58. The summed E-state index contributed by atoms with van der Waals surface area (Å²) in [4.78, 5) is 11.5. The molecule has 0 aliphatic rings. The van der Waals surface area contributed by atoms with Gasteiger partial charge in [-0.05, 0) is 40.8 Å². The number of anilines is 1. The van der Waals surface area contributed by atoms with E-state index in [1.807, 2.05) is 0 Å². The third-order valence-electron chi connectivity index (χ3n) is 3.31. The highest BCUT2D eigenvalue weighted by Gasteiger charge is 2.18. The predicted octanol–water partition coefficient (Wildman–Crippen LogP) is 1.25.